The summed E-state index contributed by atoms with van der Waals surface area (Å²) in [7, 11) is 0. The molecule has 0 saturated heterocycles. The van der Waals surface area contributed by atoms with Crippen molar-refractivity contribution in [2.45, 2.75) is 64.4 Å². The van der Waals surface area contributed by atoms with E-state index in [0.29, 0.717) is 6.54 Å². The lowest BCUT2D eigenvalue weighted by Crippen LogP contribution is -2.22. The molecule has 1 aromatic heterocycles. The molecule has 0 radical (unpaired) electrons. The Kier molecular flexibility index (Phi) is 10.0. The van der Waals surface area contributed by atoms with Gasteiger partial charge in [0.1, 0.15) is 0 Å². The van der Waals surface area contributed by atoms with E-state index in [-0.39, 0.29) is 6.10 Å². The van der Waals surface area contributed by atoms with E-state index in [9.17, 15) is 5.11 Å². The van der Waals surface area contributed by atoms with Gasteiger partial charge in [-0.2, -0.15) is 11.3 Å². The zero-order chi connectivity index (χ0) is 13.8. The van der Waals surface area contributed by atoms with E-state index >= 15 is 0 Å². The fraction of sp³-hybridized carbons (Fsp3) is 0.750. The van der Waals surface area contributed by atoms with Crippen LogP contribution in [0.2, 0.25) is 0 Å². The van der Waals surface area contributed by atoms with Crippen molar-refractivity contribution in [1.82, 2.24) is 5.32 Å². The van der Waals surface area contributed by atoms with Gasteiger partial charge in [-0.25, -0.2) is 0 Å². The smallest absolute Gasteiger partial charge is 0.0922 e. The largest absolute Gasteiger partial charge is 0.387 e. The summed E-state index contributed by atoms with van der Waals surface area (Å²) in [5, 5.41) is 17.2. The third-order valence-electron chi connectivity index (χ3n) is 3.47. The number of thiophene rings is 1. The van der Waals surface area contributed by atoms with E-state index in [1.807, 2.05) is 16.8 Å². The molecule has 0 amide bonds. The van der Waals surface area contributed by atoms with Crippen molar-refractivity contribution >= 4 is 11.3 Å². The first kappa shape index (κ1) is 16.7. The first-order valence-electron chi connectivity index (χ1n) is 7.75. The summed E-state index contributed by atoms with van der Waals surface area (Å²) in [6, 6.07) is 1.99. The van der Waals surface area contributed by atoms with Crippen LogP contribution in [-0.2, 0) is 0 Å². The van der Waals surface area contributed by atoms with Crippen LogP contribution in [0.25, 0.3) is 0 Å². The molecule has 1 atom stereocenters. The summed E-state index contributed by atoms with van der Waals surface area (Å²) in [4.78, 5) is 0. The molecule has 1 rings (SSSR count). The van der Waals surface area contributed by atoms with Gasteiger partial charge < -0.3 is 10.4 Å². The Hall–Kier alpha value is -0.380. The first-order valence-corrected chi connectivity index (χ1v) is 8.69. The average molecular weight is 283 g/mol. The second-order valence-electron chi connectivity index (χ2n) is 5.25. The van der Waals surface area contributed by atoms with Crippen molar-refractivity contribution in [2.24, 2.45) is 0 Å². The minimum atomic E-state index is -0.347. The van der Waals surface area contributed by atoms with Crippen LogP contribution in [0.5, 0.6) is 0 Å². The molecule has 2 N–H and O–H groups in total. The SMILES string of the molecule is CCCCCCCCCCNCC(O)c1ccsc1. The average Bonchev–Trinajstić information content (AvgIpc) is 2.95. The maximum absolute atomic E-state index is 9.88. The Balaban J connectivity index is 1.83. The highest BCUT2D eigenvalue weighted by molar-refractivity contribution is 7.07. The van der Waals surface area contributed by atoms with E-state index in [1.165, 1.54) is 51.4 Å². The molecule has 2 nitrogen and oxygen atoms in total. The van der Waals surface area contributed by atoms with Crippen LogP contribution < -0.4 is 5.32 Å². The standard InChI is InChI=1S/C16H29NOS/c1-2-3-4-5-6-7-8-9-11-17-13-16(18)15-10-12-19-14-15/h10,12,14,16-18H,2-9,11,13H2,1H3. The van der Waals surface area contributed by atoms with Crippen molar-refractivity contribution < 1.29 is 5.11 Å². The summed E-state index contributed by atoms with van der Waals surface area (Å²) in [6.07, 6.45) is 10.5. The van der Waals surface area contributed by atoms with Crippen molar-refractivity contribution in [3.05, 3.63) is 22.4 Å². The number of hydrogen-bond acceptors (Lipinski definition) is 3. The van der Waals surface area contributed by atoms with Crippen molar-refractivity contribution in [2.75, 3.05) is 13.1 Å². The molecule has 110 valence electrons. The lowest BCUT2D eigenvalue weighted by molar-refractivity contribution is 0.175. The molecular weight excluding hydrogens is 254 g/mol. The van der Waals surface area contributed by atoms with Crippen molar-refractivity contribution in [3.8, 4) is 0 Å². The van der Waals surface area contributed by atoms with E-state index < -0.39 is 0 Å². The summed E-state index contributed by atoms with van der Waals surface area (Å²) in [5.41, 5.74) is 1.04. The van der Waals surface area contributed by atoms with Gasteiger partial charge in [-0.1, -0.05) is 51.9 Å². The van der Waals surface area contributed by atoms with Crippen LogP contribution in [0.1, 0.15) is 70.0 Å². The molecule has 19 heavy (non-hydrogen) atoms. The monoisotopic (exact) mass is 283 g/mol. The molecule has 0 fully saturated rings. The molecule has 0 aliphatic rings. The van der Waals surface area contributed by atoms with E-state index in [1.54, 1.807) is 11.3 Å². The van der Waals surface area contributed by atoms with Crippen LogP contribution in [0, 0.1) is 0 Å². The maximum atomic E-state index is 9.88. The molecule has 0 aromatic carbocycles. The number of aliphatic hydroxyl groups is 1. The quantitative estimate of drug-likeness (QED) is 0.553. The second kappa shape index (κ2) is 11.4. The number of nitrogens with one attached hydrogen (secondary N) is 1. The minimum Gasteiger partial charge on any atom is -0.387 e. The molecule has 1 unspecified atom stereocenters. The van der Waals surface area contributed by atoms with Crippen molar-refractivity contribution in [3.63, 3.8) is 0 Å². The molecule has 3 heteroatoms. The summed E-state index contributed by atoms with van der Waals surface area (Å²) >= 11 is 1.64. The fourth-order valence-electron chi connectivity index (χ4n) is 2.21. The Morgan fingerprint density at radius 1 is 1.11 bits per heavy atom. The molecule has 0 bridgehead atoms. The Labute approximate surface area is 122 Å². The van der Waals surface area contributed by atoms with Crippen LogP contribution in [0.3, 0.4) is 0 Å². The second-order valence-corrected chi connectivity index (χ2v) is 6.03. The summed E-state index contributed by atoms with van der Waals surface area (Å²) < 4.78 is 0. The number of hydrogen-bond donors (Lipinski definition) is 2. The van der Waals surface area contributed by atoms with Gasteiger partial charge in [-0.3, -0.25) is 0 Å². The van der Waals surface area contributed by atoms with Crippen molar-refractivity contribution in [1.29, 1.82) is 0 Å². The predicted octanol–water partition coefficient (Wildman–Crippen LogP) is 4.51. The Bertz CT molecular complexity index is 287. The molecule has 0 saturated carbocycles. The molecule has 0 aliphatic heterocycles. The molecule has 0 aliphatic carbocycles. The van der Waals surface area contributed by atoms with Crippen LogP contribution in [-0.4, -0.2) is 18.2 Å². The normalized spacial score (nSPS) is 12.7. The number of unbranched alkanes of at least 4 members (excludes halogenated alkanes) is 7. The van der Waals surface area contributed by atoms with Gasteiger partial charge in [-0.05, 0) is 35.4 Å². The zero-order valence-corrected chi connectivity index (χ0v) is 13.1. The van der Waals surface area contributed by atoms with Gasteiger partial charge >= 0.3 is 0 Å². The van der Waals surface area contributed by atoms with E-state index in [2.05, 4.69) is 12.2 Å². The Morgan fingerprint density at radius 2 is 1.79 bits per heavy atom. The number of rotatable bonds is 12. The molecular formula is C16H29NOS. The third-order valence-corrected chi connectivity index (χ3v) is 4.17. The minimum absolute atomic E-state index is 0.347. The van der Waals surface area contributed by atoms with E-state index in [0.717, 1.165) is 12.1 Å². The highest BCUT2D eigenvalue weighted by Crippen LogP contribution is 2.15. The predicted molar refractivity (Wildman–Crippen MR) is 84.8 cm³/mol. The van der Waals surface area contributed by atoms with Gasteiger partial charge in [0.25, 0.3) is 0 Å². The topological polar surface area (TPSA) is 32.3 Å². The van der Waals surface area contributed by atoms with Gasteiger partial charge in [-0.15, -0.1) is 0 Å². The summed E-state index contributed by atoms with van der Waals surface area (Å²) in [6.45, 7) is 3.96. The number of aliphatic hydroxyl groups excluding tert-OH is 1. The van der Waals surface area contributed by atoms with Gasteiger partial charge in [0.15, 0.2) is 0 Å². The molecule has 1 aromatic rings. The van der Waals surface area contributed by atoms with Crippen LogP contribution in [0.15, 0.2) is 16.8 Å². The highest BCUT2D eigenvalue weighted by Gasteiger charge is 2.06. The van der Waals surface area contributed by atoms with Gasteiger partial charge in [0, 0.05) is 6.54 Å². The van der Waals surface area contributed by atoms with Gasteiger partial charge in [0.2, 0.25) is 0 Å². The molecule has 1 heterocycles. The molecule has 0 spiro atoms. The fourth-order valence-corrected chi connectivity index (χ4v) is 2.91. The zero-order valence-electron chi connectivity index (χ0n) is 12.2. The Morgan fingerprint density at radius 3 is 2.42 bits per heavy atom. The summed E-state index contributed by atoms with van der Waals surface area (Å²) in [5.74, 6) is 0. The van der Waals surface area contributed by atoms with Gasteiger partial charge in [0.05, 0.1) is 6.10 Å². The lowest BCUT2D eigenvalue weighted by Gasteiger charge is -2.10. The first-order chi connectivity index (χ1) is 9.34. The van der Waals surface area contributed by atoms with E-state index in [4.69, 9.17) is 0 Å². The highest BCUT2D eigenvalue weighted by atomic mass is 32.1. The lowest BCUT2D eigenvalue weighted by atomic mass is 10.1. The third kappa shape index (κ3) is 8.40. The van der Waals surface area contributed by atoms with Crippen LogP contribution in [0.4, 0.5) is 0 Å². The maximum Gasteiger partial charge on any atom is 0.0922 e. The van der Waals surface area contributed by atoms with Crippen LogP contribution >= 0.6 is 11.3 Å².